The molecular formula is C18H20O2. The van der Waals surface area contributed by atoms with E-state index in [1.807, 2.05) is 31.2 Å². The Bertz CT molecular complexity index is 633. The van der Waals surface area contributed by atoms with E-state index in [1.165, 1.54) is 11.1 Å². The zero-order valence-electron chi connectivity index (χ0n) is 12.0. The average molecular weight is 268 g/mol. The summed E-state index contributed by atoms with van der Waals surface area (Å²) in [5.74, 6) is 0.839. The van der Waals surface area contributed by atoms with E-state index in [0.717, 1.165) is 29.7 Å². The quantitative estimate of drug-likeness (QED) is 0.904. The fourth-order valence-corrected chi connectivity index (χ4v) is 3.23. The van der Waals surface area contributed by atoms with Gasteiger partial charge in [-0.1, -0.05) is 30.3 Å². The molecule has 0 saturated carbocycles. The summed E-state index contributed by atoms with van der Waals surface area (Å²) in [5.41, 5.74) is 3.98. The fourth-order valence-electron chi connectivity index (χ4n) is 3.23. The minimum atomic E-state index is -0.759. The van der Waals surface area contributed by atoms with Gasteiger partial charge >= 0.3 is 0 Å². The second-order valence-corrected chi connectivity index (χ2v) is 5.66. The highest BCUT2D eigenvalue weighted by Crippen LogP contribution is 2.38. The number of ether oxygens (including phenoxy) is 1. The lowest BCUT2D eigenvalue weighted by atomic mass is 9.75. The minimum absolute atomic E-state index is 0.691. The van der Waals surface area contributed by atoms with Crippen LogP contribution in [0.1, 0.15) is 28.7 Å². The van der Waals surface area contributed by atoms with Crippen molar-refractivity contribution in [2.75, 3.05) is 7.11 Å². The molecule has 0 fully saturated rings. The van der Waals surface area contributed by atoms with Crippen molar-refractivity contribution in [3.05, 3.63) is 64.7 Å². The summed E-state index contributed by atoms with van der Waals surface area (Å²) >= 11 is 0. The summed E-state index contributed by atoms with van der Waals surface area (Å²) in [6.07, 6.45) is 2.39. The van der Waals surface area contributed by atoms with Crippen molar-refractivity contribution in [3.8, 4) is 5.75 Å². The van der Waals surface area contributed by atoms with E-state index in [0.29, 0.717) is 6.42 Å². The van der Waals surface area contributed by atoms with Crippen LogP contribution < -0.4 is 4.74 Å². The normalized spacial score (nSPS) is 21.4. The molecule has 0 amide bonds. The van der Waals surface area contributed by atoms with Crippen LogP contribution in [-0.2, 0) is 18.4 Å². The van der Waals surface area contributed by atoms with E-state index < -0.39 is 5.60 Å². The maximum atomic E-state index is 11.1. The highest BCUT2D eigenvalue weighted by atomic mass is 16.5. The van der Waals surface area contributed by atoms with Crippen LogP contribution in [0.2, 0.25) is 0 Å². The van der Waals surface area contributed by atoms with Crippen molar-refractivity contribution in [2.24, 2.45) is 0 Å². The molecule has 0 heterocycles. The number of fused-ring (bicyclic) bond motifs is 1. The molecule has 0 spiro atoms. The van der Waals surface area contributed by atoms with Gasteiger partial charge in [0.05, 0.1) is 12.7 Å². The molecule has 104 valence electrons. The van der Waals surface area contributed by atoms with Crippen LogP contribution in [0, 0.1) is 6.92 Å². The molecule has 0 aliphatic heterocycles. The van der Waals surface area contributed by atoms with Crippen molar-refractivity contribution in [3.63, 3.8) is 0 Å². The number of aliphatic hydroxyl groups is 1. The molecule has 1 atom stereocenters. The van der Waals surface area contributed by atoms with E-state index in [-0.39, 0.29) is 0 Å². The van der Waals surface area contributed by atoms with Crippen LogP contribution in [-0.4, -0.2) is 12.2 Å². The number of methoxy groups -OCH3 is 1. The second-order valence-electron chi connectivity index (χ2n) is 5.66. The first-order valence-electron chi connectivity index (χ1n) is 7.07. The molecule has 0 aromatic heterocycles. The summed E-state index contributed by atoms with van der Waals surface area (Å²) in [4.78, 5) is 0. The van der Waals surface area contributed by atoms with Crippen LogP contribution in [0.4, 0.5) is 0 Å². The van der Waals surface area contributed by atoms with Gasteiger partial charge in [-0.15, -0.1) is 0 Å². The molecule has 1 unspecified atom stereocenters. The third-order valence-corrected chi connectivity index (χ3v) is 4.34. The number of hydrogen-bond donors (Lipinski definition) is 1. The lowest BCUT2D eigenvalue weighted by Crippen LogP contribution is -2.33. The highest BCUT2D eigenvalue weighted by molar-refractivity contribution is 5.42. The minimum Gasteiger partial charge on any atom is -0.497 e. The van der Waals surface area contributed by atoms with Gasteiger partial charge in [0.25, 0.3) is 0 Å². The van der Waals surface area contributed by atoms with Gasteiger partial charge in [0.15, 0.2) is 0 Å². The number of benzene rings is 2. The van der Waals surface area contributed by atoms with Crippen LogP contribution in [0.15, 0.2) is 42.5 Å². The molecule has 20 heavy (non-hydrogen) atoms. The van der Waals surface area contributed by atoms with Gasteiger partial charge in [-0.3, -0.25) is 0 Å². The number of hydrogen-bond acceptors (Lipinski definition) is 2. The molecule has 2 nitrogen and oxygen atoms in total. The summed E-state index contributed by atoms with van der Waals surface area (Å²) in [6.45, 7) is 2.04. The van der Waals surface area contributed by atoms with Crippen LogP contribution in [0.5, 0.6) is 5.75 Å². The predicted molar refractivity (Wildman–Crippen MR) is 80.1 cm³/mol. The monoisotopic (exact) mass is 268 g/mol. The first-order chi connectivity index (χ1) is 9.62. The maximum absolute atomic E-state index is 11.1. The smallest absolute Gasteiger partial charge is 0.119 e. The van der Waals surface area contributed by atoms with Gasteiger partial charge in [-0.25, -0.2) is 0 Å². The van der Waals surface area contributed by atoms with Crippen molar-refractivity contribution in [2.45, 2.75) is 31.8 Å². The zero-order chi connectivity index (χ0) is 14.2. The number of rotatable bonds is 2. The van der Waals surface area contributed by atoms with E-state index in [2.05, 4.69) is 18.2 Å². The SMILES string of the molecule is COc1ccc(C2(O)CCc3ccccc3C2)c(C)c1. The van der Waals surface area contributed by atoms with Crippen LogP contribution in [0.3, 0.4) is 0 Å². The van der Waals surface area contributed by atoms with Gasteiger partial charge in [0.2, 0.25) is 0 Å². The lowest BCUT2D eigenvalue weighted by molar-refractivity contribution is 0.0216. The lowest BCUT2D eigenvalue weighted by Gasteiger charge is -2.35. The third-order valence-electron chi connectivity index (χ3n) is 4.34. The molecule has 1 aliphatic carbocycles. The Hall–Kier alpha value is -1.80. The average Bonchev–Trinajstić information content (AvgIpc) is 2.46. The Morgan fingerprint density at radius 1 is 1.10 bits per heavy atom. The molecule has 0 bridgehead atoms. The molecule has 0 radical (unpaired) electrons. The number of aryl methyl sites for hydroxylation is 2. The van der Waals surface area contributed by atoms with E-state index in [9.17, 15) is 5.11 Å². The van der Waals surface area contributed by atoms with Crippen molar-refractivity contribution in [1.29, 1.82) is 0 Å². The Morgan fingerprint density at radius 2 is 1.85 bits per heavy atom. The maximum Gasteiger partial charge on any atom is 0.119 e. The molecule has 2 heteroatoms. The predicted octanol–water partition coefficient (Wildman–Crippen LogP) is 3.38. The van der Waals surface area contributed by atoms with E-state index >= 15 is 0 Å². The van der Waals surface area contributed by atoms with Crippen molar-refractivity contribution >= 4 is 0 Å². The van der Waals surface area contributed by atoms with E-state index in [4.69, 9.17) is 4.74 Å². The Balaban J connectivity index is 1.98. The molecular weight excluding hydrogens is 248 g/mol. The fraction of sp³-hybridized carbons (Fsp3) is 0.333. The van der Waals surface area contributed by atoms with Gasteiger partial charge in [-0.2, -0.15) is 0 Å². The first kappa shape index (κ1) is 13.2. The standard InChI is InChI=1S/C18H20O2/c1-13-11-16(20-2)7-8-17(13)18(19)10-9-14-5-3-4-6-15(14)12-18/h3-8,11,19H,9-10,12H2,1-2H3. The molecule has 3 rings (SSSR count). The Kier molecular flexibility index (Phi) is 3.27. The Labute approximate surface area is 120 Å². The van der Waals surface area contributed by atoms with Crippen LogP contribution in [0.25, 0.3) is 0 Å². The van der Waals surface area contributed by atoms with Crippen molar-refractivity contribution < 1.29 is 9.84 Å². The summed E-state index contributed by atoms with van der Waals surface area (Å²) in [6, 6.07) is 14.3. The first-order valence-corrected chi connectivity index (χ1v) is 7.07. The molecule has 1 N–H and O–H groups in total. The topological polar surface area (TPSA) is 29.5 Å². The van der Waals surface area contributed by atoms with Gasteiger partial charge in [0, 0.05) is 6.42 Å². The third kappa shape index (κ3) is 2.20. The van der Waals surface area contributed by atoms with Crippen molar-refractivity contribution in [1.82, 2.24) is 0 Å². The molecule has 0 saturated heterocycles. The second kappa shape index (κ2) is 4.95. The van der Waals surface area contributed by atoms with E-state index in [1.54, 1.807) is 7.11 Å². The molecule has 2 aromatic rings. The summed E-state index contributed by atoms with van der Waals surface area (Å²) in [7, 11) is 1.67. The molecule has 2 aromatic carbocycles. The van der Waals surface area contributed by atoms with Gasteiger partial charge in [-0.05, 0) is 54.2 Å². The van der Waals surface area contributed by atoms with Gasteiger partial charge < -0.3 is 9.84 Å². The Morgan fingerprint density at radius 3 is 2.55 bits per heavy atom. The summed E-state index contributed by atoms with van der Waals surface area (Å²) < 4.78 is 5.24. The highest BCUT2D eigenvalue weighted by Gasteiger charge is 2.34. The van der Waals surface area contributed by atoms with Crippen LogP contribution >= 0.6 is 0 Å². The zero-order valence-corrected chi connectivity index (χ0v) is 12.0. The largest absolute Gasteiger partial charge is 0.497 e. The van der Waals surface area contributed by atoms with Gasteiger partial charge in [0.1, 0.15) is 5.75 Å². The molecule has 1 aliphatic rings. The summed E-state index contributed by atoms with van der Waals surface area (Å²) in [5, 5.41) is 11.1.